The summed E-state index contributed by atoms with van der Waals surface area (Å²) in [5.41, 5.74) is 0.779. The van der Waals surface area contributed by atoms with Gasteiger partial charge in [-0.15, -0.1) is 11.3 Å². The van der Waals surface area contributed by atoms with Crippen molar-refractivity contribution < 1.29 is 19.1 Å². The molecule has 1 aromatic carbocycles. The average molecular weight is 319 g/mol. The molecule has 6 heteroatoms. The summed E-state index contributed by atoms with van der Waals surface area (Å²) < 4.78 is 13.4. The van der Waals surface area contributed by atoms with Crippen molar-refractivity contribution in [2.75, 3.05) is 6.54 Å². The number of hydrogen-bond donors (Lipinski definition) is 1. The van der Waals surface area contributed by atoms with Crippen molar-refractivity contribution in [3.8, 4) is 0 Å². The molecule has 0 spiro atoms. The lowest BCUT2D eigenvalue weighted by Gasteiger charge is -2.24. The monoisotopic (exact) mass is 319 g/mol. The Morgan fingerprint density at radius 3 is 2.68 bits per heavy atom. The van der Waals surface area contributed by atoms with E-state index in [0.29, 0.717) is 11.4 Å². The molecule has 3 rings (SSSR count). The van der Waals surface area contributed by atoms with Crippen LogP contribution in [0.4, 0.5) is 4.39 Å². The van der Waals surface area contributed by atoms with Gasteiger partial charge in [0.05, 0.1) is 10.9 Å². The largest absolute Gasteiger partial charge is 0.477 e. The lowest BCUT2D eigenvalue weighted by Crippen LogP contribution is -2.30. The molecule has 2 heterocycles. The van der Waals surface area contributed by atoms with Crippen LogP contribution < -0.4 is 0 Å². The van der Waals surface area contributed by atoms with Crippen LogP contribution in [0.3, 0.4) is 0 Å². The first kappa shape index (κ1) is 14.7. The summed E-state index contributed by atoms with van der Waals surface area (Å²) in [6.07, 6.45) is 1.64. The zero-order valence-electron chi connectivity index (χ0n) is 11.7. The normalized spacial score (nSPS) is 17.7. The molecule has 1 aliphatic heterocycles. The van der Waals surface area contributed by atoms with Gasteiger partial charge in [-0.3, -0.25) is 4.79 Å². The first-order valence-corrected chi connectivity index (χ1v) is 7.77. The number of nitrogens with zero attached hydrogens (tertiary/aromatic N) is 1. The number of carbonyl (C=O) groups is 2. The molecule has 0 bridgehead atoms. The second-order valence-electron chi connectivity index (χ2n) is 5.18. The quantitative estimate of drug-likeness (QED) is 0.941. The summed E-state index contributed by atoms with van der Waals surface area (Å²) in [5.74, 6) is -1.54. The van der Waals surface area contributed by atoms with E-state index in [1.54, 1.807) is 11.0 Å². The molecule has 0 aliphatic carbocycles. The first-order chi connectivity index (χ1) is 10.6. The number of amides is 1. The minimum atomic E-state index is -1.04. The lowest BCUT2D eigenvalue weighted by molar-refractivity contribution is 0.0701. The van der Waals surface area contributed by atoms with Gasteiger partial charge in [-0.2, -0.15) is 0 Å². The number of carboxylic acid groups (broad SMARTS) is 1. The average Bonchev–Trinajstić information content (AvgIpc) is 3.16. The molecule has 4 nitrogen and oxygen atoms in total. The standard InChI is InChI=1S/C16H14FNO3S/c17-11-4-1-3-10(9-11)12-5-2-8-18(12)15(19)13-6-7-14(22-13)16(20)21/h1,3-4,6-7,9,12H,2,5,8H2,(H,20,21). The number of likely N-dealkylation sites (tertiary alicyclic amines) is 1. The van der Waals surface area contributed by atoms with E-state index in [-0.39, 0.29) is 22.6 Å². The van der Waals surface area contributed by atoms with Gasteiger partial charge >= 0.3 is 5.97 Å². The van der Waals surface area contributed by atoms with Crippen LogP contribution in [0.25, 0.3) is 0 Å². The topological polar surface area (TPSA) is 57.6 Å². The van der Waals surface area contributed by atoms with E-state index >= 15 is 0 Å². The molecule has 114 valence electrons. The second-order valence-corrected chi connectivity index (χ2v) is 6.26. The van der Waals surface area contributed by atoms with Gasteiger partial charge in [-0.1, -0.05) is 12.1 Å². The Labute approximate surface area is 130 Å². The van der Waals surface area contributed by atoms with E-state index < -0.39 is 5.97 Å². The Morgan fingerprint density at radius 2 is 2.00 bits per heavy atom. The number of thiophene rings is 1. The number of rotatable bonds is 3. The molecule has 1 aliphatic rings. The predicted octanol–water partition coefficient (Wildman–Crippen LogP) is 3.56. The smallest absolute Gasteiger partial charge is 0.345 e. The van der Waals surface area contributed by atoms with Crippen LogP contribution in [0.15, 0.2) is 36.4 Å². The highest BCUT2D eigenvalue weighted by Crippen LogP contribution is 2.34. The predicted molar refractivity (Wildman–Crippen MR) is 80.7 cm³/mol. The van der Waals surface area contributed by atoms with E-state index in [9.17, 15) is 14.0 Å². The van der Waals surface area contributed by atoms with Gasteiger partial charge in [-0.05, 0) is 42.7 Å². The van der Waals surface area contributed by atoms with E-state index in [2.05, 4.69) is 0 Å². The molecule has 1 atom stereocenters. The highest BCUT2D eigenvalue weighted by atomic mass is 32.1. The van der Waals surface area contributed by atoms with Crippen LogP contribution in [-0.4, -0.2) is 28.4 Å². The van der Waals surface area contributed by atoms with Crippen molar-refractivity contribution in [2.45, 2.75) is 18.9 Å². The van der Waals surface area contributed by atoms with Crippen LogP contribution in [0.1, 0.15) is 43.8 Å². The maximum atomic E-state index is 13.4. The highest BCUT2D eigenvalue weighted by Gasteiger charge is 2.31. The maximum absolute atomic E-state index is 13.4. The summed E-state index contributed by atoms with van der Waals surface area (Å²) in [5, 5.41) is 8.95. The van der Waals surface area contributed by atoms with Gasteiger partial charge < -0.3 is 10.0 Å². The van der Waals surface area contributed by atoms with Crippen LogP contribution in [-0.2, 0) is 0 Å². The molecule has 1 fully saturated rings. The van der Waals surface area contributed by atoms with Crippen LogP contribution in [0, 0.1) is 5.82 Å². The van der Waals surface area contributed by atoms with Crippen molar-refractivity contribution in [2.24, 2.45) is 0 Å². The lowest BCUT2D eigenvalue weighted by atomic mass is 10.0. The van der Waals surface area contributed by atoms with Crippen molar-refractivity contribution in [3.63, 3.8) is 0 Å². The zero-order valence-corrected chi connectivity index (χ0v) is 12.5. The van der Waals surface area contributed by atoms with E-state index in [1.807, 2.05) is 6.07 Å². The van der Waals surface area contributed by atoms with E-state index in [1.165, 1.54) is 24.3 Å². The van der Waals surface area contributed by atoms with Gasteiger partial charge in [0.25, 0.3) is 5.91 Å². The van der Waals surface area contributed by atoms with Gasteiger partial charge in [0.2, 0.25) is 0 Å². The number of carbonyl (C=O) groups excluding carboxylic acids is 1. The molecule has 1 unspecified atom stereocenters. The number of aromatic carboxylic acids is 1. The third kappa shape index (κ3) is 2.74. The Kier molecular flexibility index (Phi) is 3.94. The Morgan fingerprint density at radius 1 is 1.23 bits per heavy atom. The minimum Gasteiger partial charge on any atom is -0.477 e. The maximum Gasteiger partial charge on any atom is 0.345 e. The molecule has 2 aromatic rings. The summed E-state index contributed by atoms with van der Waals surface area (Å²) in [6, 6.07) is 9.11. The van der Waals surface area contributed by atoms with Gasteiger partial charge in [0.15, 0.2) is 0 Å². The fourth-order valence-electron chi connectivity index (χ4n) is 2.78. The van der Waals surface area contributed by atoms with Gasteiger partial charge in [-0.25, -0.2) is 9.18 Å². The molecule has 1 aromatic heterocycles. The van der Waals surface area contributed by atoms with Crippen molar-refractivity contribution in [1.29, 1.82) is 0 Å². The van der Waals surface area contributed by atoms with Crippen LogP contribution >= 0.6 is 11.3 Å². The summed E-state index contributed by atoms with van der Waals surface area (Å²) in [4.78, 5) is 25.8. The van der Waals surface area contributed by atoms with Gasteiger partial charge in [0.1, 0.15) is 10.7 Å². The molecule has 1 amide bonds. The summed E-state index contributed by atoms with van der Waals surface area (Å²) >= 11 is 0.971. The summed E-state index contributed by atoms with van der Waals surface area (Å²) in [6.45, 7) is 0.598. The summed E-state index contributed by atoms with van der Waals surface area (Å²) in [7, 11) is 0. The van der Waals surface area contributed by atoms with Crippen molar-refractivity contribution >= 4 is 23.2 Å². The highest BCUT2D eigenvalue weighted by molar-refractivity contribution is 7.15. The number of benzene rings is 1. The third-order valence-corrected chi connectivity index (χ3v) is 4.84. The Bertz CT molecular complexity index is 728. The minimum absolute atomic E-state index is 0.143. The fourth-order valence-corrected chi connectivity index (χ4v) is 3.58. The Hall–Kier alpha value is -2.21. The molecule has 1 saturated heterocycles. The van der Waals surface area contributed by atoms with Crippen molar-refractivity contribution in [1.82, 2.24) is 4.90 Å². The molecule has 0 radical (unpaired) electrons. The first-order valence-electron chi connectivity index (χ1n) is 6.96. The molecule has 1 N–H and O–H groups in total. The number of halogens is 1. The third-order valence-electron chi connectivity index (χ3n) is 3.77. The fraction of sp³-hybridized carbons (Fsp3) is 0.250. The molecule has 0 saturated carbocycles. The number of carboxylic acids is 1. The van der Waals surface area contributed by atoms with Crippen molar-refractivity contribution in [3.05, 3.63) is 57.5 Å². The Balaban J connectivity index is 1.86. The zero-order chi connectivity index (χ0) is 15.7. The molecular formula is C16H14FNO3S. The SMILES string of the molecule is O=C(O)c1ccc(C(=O)N2CCCC2c2cccc(F)c2)s1. The van der Waals surface area contributed by atoms with Crippen LogP contribution in [0.2, 0.25) is 0 Å². The number of hydrogen-bond acceptors (Lipinski definition) is 3. The van der Waals surface area contributed by atoms with E-state index in [0.717, 1.165) is 29.7 Å². The van der Waals surface area contributed by atoms with Crippen LogP contribution in [0.5, 0.6) is 0 Å². The van der Waals surface area contributed by atoms with Gasteiger partial charge in [0, 0.05) is 6.54 Å². The molecule has 22 heavy (non-hydrogen) atoms. The van der Waals surface area contributed by atoms with E-state index in [4.69, 9.17) is 5.11 Å². The second kappa shape index (κ2) is 5.88. The molecular weight excluding hydrogens is 305 g/mol.